The van der Waals surface area contributed by atoms with Crippen molar-refractivity contribution in [3.05, 3.63) is 69.6 Å². The summed E-state index contributed by atoms with van der Waals surface area (Å²) in [5, 5.41) is 3.63. The van der Waals surface area contributed by atoms with Gasteiger partial charge in [0, 0.05) is 23.7 Å². The van der Waals surface area contributed by atoms with Crippen LogP contribution in [-0.2, 0) is 19.5 Å². The first-order chi connectivity index (χ1) is 13.1. The van der Waals surface area contributed by atoms with Crippen molar-refractivity contribution >= 4 is 33.3 Å². The Labute approximate surface area is 160 Å². The zero-order valence-electron chi connectivity index (χ0n) is 15.1. The van der Waals surface area contributed by atoms with Crippen molar-refractivity contribution in [1.82, 2.24) is 14.5 Å². The van der Waals surface area contributed by atoms with E-state index in [-0.39, 0.29) is 11.6 Å². The third kappa shape index (κ3) is 3.26. The number of urea groups is 1. The molecule has 4 rings (SSSR count). The Morgan fingerprint density at radius 2 is 2.15 bits per heavy atom. The summed E-state index contributed by atoms with van der Waals surface area (Å²) < 4.78 is 1.57. The number of benzene rings is 1. The van der Waals surface area contributed by atoms with Gasteiger partial charge in [0.25, 0.3) is 5.56 Å². The van der Waals surface area contributed by atoms with Crippen LogP contribution in [0, 0.1) is 6.92 Å². The molecule has 0 aliphatic carbocycles. The molecule has 0 atom stereocenters. The van der Waals surface area contributed by atoms with Crippen LogP contribution in [0.3, 0.4) is 0 Å². The highest BCUT2D eigenvalue weighted by atomic mass is 32.1. The molecule has 1 aliphatic heterocycles. The summed E-state index contributed by atoms with van der Waals surface area (Å²) in [5.74, 6) is 0. The van der Waals surface area contributed by atoms with Crippen LogP contribution in [0.1, 0.15) is 16.0 Å². The van der Waals surface area contributed by atoms with Gasteiger partial charge < -0.3 is 10.2 Å². The molecule has 0 bridgehead atoms. The van der Waals surface area contributed by atoms with E-state index in [1.807, 2.05) is 31.2 Å². The lowest BCUT2D eigenvalue weighted by atomic mass is 10.1. The molecule has 138 valence electrons. The summed E-state index contributed by atoms with van der Waals surface area (Å²) in [6.07, 6.45) is 3.91. The van der Waals surface area contributed by atoms with Gasteiger partial charge in [0.2, 0.25) is 0 Å². The smallest absolute Gasteiger partial charge is 0.319 e. The van der Waals surface area contributed by atoms with Crippen LogP contribution in [0.5, 0.6) is 0 Å². The number of thiophene rings is 1. The van der Waals surface area contributed by atoms with Gasteiger partial charge in [0.15, 0.2) is 0 Å². The molecule has 27 heavy (non-hydrogen) atoms. The van der Waals surface area contributed by atoms with E-state index < -0.39 is 0 Å². The molecule has 0 spiro atoms. The first kappa shape index (κ1) is 17.5. The molecule has 2 aromatic heterocycles. The average Bonchev–Trinajstić information content (AvgIpc) is 3.04. The number of aryl methyl sites for hydroxylation is 1. The lowest BCUT2D eigenvalue weighted by Crippen LogP contribution is -2.38. The zero-order chi connectivity index (χ0) is 19.0. The molecule has 1 N–H and O–H groups in total. The Morgan fingerprint density at radius 1 is 1.37 bits per heavy atom. The van der Waals surface area contributed by atoms with Gasteiger partial charge in [0.05, 0.1) is 18.3 Å². The maximum Gasteiger partial charge on any atom is 0.322 e. The van der Waals surface area contributed by atoms with Crippen LogP contribution in [0.2, 0.25) is 0 Å². The molecule has 0 unspecified atom stereocenters. The molecule has 1 aromatic carbocycles. The second-order valence-electron chi connectivity index (χ2n) is 6.64. The lowest BCUT2D eigenvalue weighted by molar-refractivity contribution is 0.207. The summed E-state index contributed by atoms with van der Waals surface area (Å²) in [7, 11) is 0. The SMILES string of the molecule is C=CCn1cnc2sc3c(c2c1=O)CCN(C(=O)Nc1ccc(C)cc1)C3. The fourth-order valence-electron chi connectivity index (χ4n) is 3.30. The van der Waals surface area contributed by atoms with Gasteiger partial charge in [-0.1, -0.05) is 23.8 Å². The van der Waals surface area contributed by atoms with Crippen LogP contribution in [-0.4, -0.2) is 27.0 Å². The van der Waals surface area contributed by atoms with Crippen molar-refractivity contribution < 1.29 is 4.79 Å². The minimum Gasteiger partial charge on any atom is -0.319 e. The molecule has 1 aliphatic rings. The van der Waals surface area contributed by atoms with E-state index in [1.54, 1.807) is 21.9 Å². The second kappa shape index (κ2) is 7.00. The zero-order valence-corrected chi connectivity index (χ0v) is 15.9. The highest BCUT2D eigenvalue weighted by Crippen LogP contribution is 2.32. The fraction of sp³-hybridized carbons (Fsp3) is 0.250. The summed E-state index contributed by atoms with van der Waals surface area (Å²) in [5.41, 5.74) is 2.93. The van der Waals surface area contributed by atoms with E-state index >= 15 is 0 Å². The standard InChI is InChI=1S/C20H20N4O2S/c1-3-9-24-12-21-18-17(19(24)25)15-8-10-23(11-16(15)27-18)20(26)22-14-6-4-13(2)5-7-14/h3-7,12H,1,8-11H2,2H3,(H,22,26). The predicted molar refractivity (Wildman–Crippen MR) is 108 cm³/mol. The number of hydrogen-bond acceptors (Lipinski definition) is 4. The van der Waals surface area contributed by atoms with Crippen molar-refractivity contribution in [2.75, 3.05) is 11.9 Å². The molecule has 0 radical (unpaired) electrons. The van der Waals surface area contributed by atoms with E-state index in [0.717, 1.165) is 26.5 Å². The molecule has 0 saturated heterocycles. The van der Waals surface area contributed by atoms with Crippen LogP contribution in [0.25, 0.3) is 10.2 Å². The fourth-order valence-corrected chi connectivity index (χ4v) is 4.49. The Morgan fingerprint density at radius 3 is 2.89 bits per heavy atom. The topological polar surface area (TPSA) is 67.2 Å². The van der Waals surface area contributed by atoms with Crippen molar-refractivity contribution in [2.24, 2.45) is 0 Å². The van der Waals surface area contributed by atoms with E-state index in [4.69, 9.17) is 0 Å². The molecule has 0 fully saturated rings. The Hall–Kier alpha value is -2.93. The van der Waals surface area contributed by atoms with Crippen LogP contribution < -0.4 is 10.9 Å². The molecular weight excluding hydrogens is 360 g/mol. The van der Waals surface area contributed by atoms with Gasteiger partial charge in [0.1, 0.15) is 4.83 Å². The number of fused-ring (bicyclic) bond motifs is 3. The minimum absolute atomic E-state index is 0.0324. The summed E-state index contributed by atoms with van der Waals surface area (Å²) in [6, 6.07) is 7.60. The van der Waals surface area contributed by atoms with Crippen molar-refractivity contribution in [2.45, 2.75) is 26.4 Å². The number of hydrogen-bond donors (Lipinski definition) is 1. The van der Waals surface area contributed by atoms with Gasteiger partial charge in [-0.15, -0.1) is 17.9 Å². The molecule has 2 amide bonds. The quantitative estimate of drug-likeness (QED) is 0.707. The highest BCUT2D eigenvalue weighted by molar-refractivity contribution is 7.18. The summed E-state index contributed by atoms with van der Waals surface area (Å²) in [4.78, 5) is 33.3. The van der Waals surface area contributed by atoms with Gasteiger partial charge in [-0.3, -0.25) is 9.36 Å². The van der Waals surface area contributed by atoms with Crippen LogP contribution in [0.4, 0.5) is 10.5 Å². The number of rotatable bonds is 3. The third-order valence-electron chi connectivity index (χ3n) is 4.74. The maximum absolute atomic E-state index is 12.7. The number of anilines is 1. The van der Waals surface area contributed by atoms with Crippen LogP contribution >= 0.6 is 11.3 Å². The number of carbonyl (C=O) groups excluding carboxylic acids is 1. The van der Waals surface area contributed by atoms with Gasteiger partial charge in [-0.25, -0.2) is 9.78 Å². The minimum atomic E-state index is -0.126. The summed E-state index contributed by atoms with van der Waals surface area (Å²) >= 11 is 1.50. The highest BCUT2D eigenvalue weighted by Gasteiger charge is 2.26. The second-order valence-corrected chi connectivity index (χ2v) is 7.73. The maximum atomic E-state index is 12.7. The monoisotopic (exact) mass is 380 g/mol. The van der Waals surface area contributed by atoms with E-state index in [1.165, 1.54) is 11.3 Å². The number of amides is 2. The molecule has 0 saturated carbocycles. The predicted octanol–water partition coefficient (Wildman–Crippen LogP) is 3.54. The first-order valence-electron chi connectivity index (χ1n) is 8.80. The average molecular weight is 380 g/mol. The van der Waals surface area contributed by atoms with E-state index in [0.29, 0.717) is 31.4 Å². The number of nitrogens with zero attached hydrogens (tertiary/aromatic N) is 3. The van der Waals surface area contributed by atoms with Gasteiger partial charge in [-0.2, -0.15) is 0 Å². The number of nitrogens with one attached hydrogen (secondary N) is 1. The third-order valence-corrected chi connectivity index (χ3v) is 5.87. The van der Waals surface area contributed by atoms with E-state index in [9.17, 15) is 9.59 Å². The first-order valence-corrected chi connectivity index (χ1v) is 9.61. The molecule has 3 heterocycles. The van der Waals surface area contributed by atoms with Crippen molar-refractivity contribution in [1.29, 1.82) is 0 Å². The van der Waals surface area contributed by atoms with Gasteiger partial charge >= 0.3 is 6.03 Å². The normalized spacial score (nSPS) is 13.4. The number of aromatic nitrogens is 2. The molecule has 3 aromatic rings. The largest absolute Gasteiger partial charge is 0.322 e. The van der Waals surface area contributed by atoms with E-state index in [2.05, 4.69) is 16.9 Å². The molecular formula is C20H20N4O2S. The van der Waals surface area contributed by atoms with Gasteiger partial charge in [-0.05, 0) is 31.0 Å². The number of allylic oxidation sites excluding steroid dienone is 1. The Balaban J connectivity index is 1.58. The van der Waals surface area contributed by atoms with Crippen molar-refractivity contribution in [3.63, 3.8) is 0 Å². The summed E-state index contributed by atoms with van der Waals surface area (Å²) in [6.45, 7) is 7.21. The molecule has 7 heteroatoms. The Kier molecular flexibility index (Phi) is 4.53. The number of carbonyl (C=O) groups is 1. The van der Waals surface area contributed by atoms with Crippen molar-refractivity contribution in [3.8, 4) is 0 Å². The van der Waals surface area contributed by atoms with Crippen LogP contribution in [0.15, 0.2) is 48.0 Å². The Bertz CT molecular complexity index is 1080. The lowest BCUT2D eigenvalue weighted by Gasteiger charge is -2.27. The molecule has 6 nitrogen and oxygen atoms in total.